The molecule has 0 atom stereocenters. The number of hydrogen-bond donors (Lipinski definition) is 1. The number of carbonyl (C=O) groups excluding carboxylic acids is 1. The summed E-state index contributed by atoms with van der Waals surface area (Å²) in [6.45, 7) is 4.03. The second-order valence-corrected chi connectivity index (χ2v) is 7.81. The number of aryl methyl sites for hydroxylation is 1. The lowest BCUT2D eigenvalue weighted by molar-refractivity contribution is -0.127. The number of nitrogens with zero attached hydrogens (tertiary/aromatic N) is 5. The zero-order valence-corrected chi connectivity index (χ0v) is 15.8. The molecule has 0 bridgehead atoms. The van der Waals surface area contributed by atoms with E-state index >= 15 is 0 Å². The van der Waals surface area contributed by atoms with Crippen molar-refractivity contribution < 1.29 is 9.42 Å². The van der Waals surface area contributed by atoms with E-state index < -0.39 is 0 Å². The van der Waals surface area contributed by atoms with E-state index in [2.05, 4.69) is 37.3 Å². The maximum atomic E-state index is 12.1. The van der Waals surface area contributed by atoms with Gasteiger partial charge in [-0.15, -0.1) is 0 Å². The quantitative estimate of drug-likeness (QED) is 0.730. The van der Waals surface area contributed by atoms with Gasteiger partial charge in [0.2, 0.25) is 5.91 Å². The highest BCUT2D eigenvalue weighted by Crippen LogP contribution is 2.26. The van der Waals surface area contributed by atoms with Crippen LogP contribution in [0.15, 0.2) is 28.9 Å². The van der Waals surface area contributed by atoms with Crippen molar-refractivity contribution in [3.05, 3.63) is 41.2 Å². The lowest BCUT2D eigenvalue weighted by atomic mass is 9.85. The van der Waals surface area contributed by atoms with Crippen molar-refractivity contribution in [2.45, 2.75) is 51.9 Å². The molecule has 1 aliphatic carbocycles. The molecule has 1 fully saturated rings. The van der Waals surface area contributed by atoms with Gasteiger partial charge in [-0.05, 0) is 47.3 Å². The van der Waals surface area contributed by atoms with E-state index in [9.17, 15) is 4.79 Å². The number of aromatic nitrogens is 4. The normalized spacial score (nSPS) is 17.9. The van der Waals surface area contributed by atoms with E-state index in [1.165, 1.54) is 12.1 Å². The number of rotatable bonds is 5. The highest BCUT2D eigenvalue weighted by Gasteiger charge is 2.25. The Bertz CT molecular complexity index is 990. The van der Waals surface area contributed by atoms with Crippen LogP contribution in [0.1, 0.15) is 42.6 Å². The summed E-state index contributed by atoms with van der Waals surface area (Å²) in [4.78, 5) is 14.5. The Morgan fingerprint density at radius 1 is 1.21 bits per heavy atom. The van der Waals surface area contributed by atoms with Crippen LogP contribution in [0, 0.1) is 5.92 Å². The first-order valence-electron chi connectivity index (χ1n) is 10.0. The molecule has 2 aliphatic rings. The first-order chi connectivity index (χ1) is 13.8. The summed E-state index contributed by atoms with van der Waals surface area (Å²) in [6.07, 6.45) is 4.25. The van der Waals surface area contributed by atoms with Crippen LogP contribution in [0.3, 0.4) is 0 Å². The molecule has 1 aliphatic heterocycles. The lowest BCUT2D eigenvalue weighted by Gasteiger charge is -2.23. The van der Waals surface area contributed by atoms with Gasteiger partial charge in [0.1, 0.15) is 11.0 Å². The topological polar surface area (TPSA) is 89.1 Å². The Morgan fingerprint density at radius 3 is 3.00 bits per heavy atom. The van der Waals surface area contributed by atoms with Crippen molar-refractivity contribution in [1.29, 1.82) is 0 Å². The monoisotopic (exact) mass is 380 g/mol. The van der Waals surface area contributed by atoms with Crippen LogP contribution in [-0.4, -0.2) is 37.4 Å². The molecule has 0 spiro atoms. The average molecular weight is 380 g/mol. The van der Waals surface area contributed by atoms with E-state index in [4.69, 9.17) is 9.73 Å². The predicted octanol–water partition coefficient (Wildman–Crippen LogP) is 2.24. The van der Waals surface area contributed by atoms with Crippen LogP contribution in [0.4, 0.5) is 0 Å². The number of fused-ring (bicyclic) bond motifs is 2. The molecule has 1 saturated carbocycles. The van der Waals surface area contributed by atoms with Gasteiger partial charge in [-0.1, -0.05) is 18.6 Å². The summed E-state index contributed by atoms with van der Waals surface area (Å²) < 4.78 is 6.97. The van der Waals surface area contributed by atoms with Gasteiger partial charge in [0.05, 0.1) is 17.9 Å². The maximum absolute atomic E-state index is 12.1. The summed E-state index contributed by atoms with van der Waals surface area (Å²) >= 11 is 0. The van der Waals surface area contributed by atoms with Gasteiger partial charge < -0.3 is 5.32 Å². The molecule has 0 saturated heterocycles. The number of carbonyl (C=O) groups is 1. The average Bonchev–Trinajstić information content (AvgIpc) is 3.22. The molecule has 5 rings (SSSR count). The summed E-state index contributed by atoms with van der Waals surface area (Å²) in [5.41, 5.74) is 4.88. The van der Waals surface area contributed by atoms with E-state index in [0.29, 0.717) is 6.54 Å². The minimum atomic E-state index is 0.172. The van der Waals surface area contributed by atoms with E-state index in [0.717, 1.165) is 67.7 Å². The third-order valence-electron chi connectivity index (χ3n) is 5.83. The fourth-order valence-corrected chi connectivity index (χ4v) is 4.03. The molecule has 1 N–H and O–H groups in total. The first kappa shape index (κ1) is 17.4. The molecule has 28 heavy (non-hydrogen) atoms. The second kappa shape index (κ2) is 7.35. The van der Waals surface area contributed by atoms with Crippen molar-refractivity contribution in [3.63, 3.8) is 0 Å². The highest BCUT2D eigenvalue weighted by molar-refractivity contribution is 5.79. The minimum absolute atomic E-state index is 0.172. The molecule has 146 valence electrons. The molecule has 1 amide bonds. The Morgan fingerprint density at radius 2 is 2.14 bits per heavy atom. The van der Waals surface area contributed by atoms with Gasteiger partial charge in [-0.2, -0.15) is 5.10 Å². The van der Waals surface area contributed by atoms with Crippen molar-refractivity contribution >= 4 is 16.9 Å². The van der Waals surface area contributed by atoms with Gasteiger partial charge in [0.25, 0.3) is 0 Å². The smallest absolute Gasteiger partial charge is 0.223 e. The Hall–Kier alpha value is -2.74. The lowest BCUT2D eigenvalue weighted by Crippen LogP contribution is -2.34. The third-order valence-corrected chi connectivity index (χ3v) is 5.83. The predicted molar refractivity (Wildman–Crippen MR) is 102 cm³/mol. The van der Waals surface area contributed by atoms with Crippen LogP contribution in [-0.2, 0) is 31.0 Å². The SMILES string of the molecule is O=C(NCc1cc2n(n1)CCCN(Cc1cccc3nonc13)C2)C1CCC1. The second-order valence-electron chi connectivity index (χ2n) is 7.81. The molecule has 8 nitrogen and oxygen atoms in total. The van der Waals surface area contributed by atoms with Gasteiger partial charge >= 0.3 is 0 Å². The van der Waals surface area contributed by atoms with Crippen molar-refractivity contribution in [2.24, 2.45) is 5.92 Å². The standard InChI is InChI=1S/C20H24N6O2/c27-20(14-4-1-5-14)21-11-16-10-17-13-25(8-3-9-26(17)22-16)12-15-6-2-7-18-19(15)24-28-23-18/h2,6-7,10,14H,1,3-5,8-9,11-13H2,(H,21,27). The van der Waals surface area contributed by atoms with Crippen molar-refractivity contribution in [1.82, 2.24) is 30.3 Å². The molecule has 3 heterocycles. The van der Waals surface area contributed by atoms with Crippen molar-refractivity contribution in [3.8, 4) is 0 Å². The van der Waals surface area contributed by atoms with Gasteiger partial charge in [-0.25, -0.2) is 4.63 Å². The third kappa shape index (κ3) is 3.40. The summed E-state index contributed by atoms with van der Waals surface area (Å²) in [5, 5.41) is 15.7. The number of amides is 1. The fourth-order valence-electron chi connectivity index (χ4n) is 4.03. The zero-order chi connectivity index (χ0) is 18.9. The molecular weight excluding hydrogens is 356 g/mol. The number of benzene rings is 1. The maximum Gasteiger partial charge on any atom is 0.223 e. The highest BCUT2D eigenvalue weighted by atomic mass is 16.6. The molecule has 0 radical (unpaired) electrons. The summed E-state index contributed by atoms with van der Waals surface area (Å²) in [7, 11) is 0. The molecule has 8 heteroatoms. The number of hydrogen-bond acceptors (Lipinski definition) is 6. The summed E-state index contributed by atoms with van der Waals surface area (Å²) in [6, 6.07) is 8.11. The van der Waals surface area contributed by atoms with Gasteiger partial charge in [-0.3, -0.25) is 14.4 Å². The first-order valence-corrected chi connectivity index (χ1v) is 10.0. The zero-order valence-electron chi connectivity index (χ0n) is 15.8. The molecule has 0 unspecified atom stereocenters. The summed E-state index contributed by atoms with van der Waals surface area (Å²) in [5.74, 6) is 0.384. The van der Waals surface area contributed by atoms with Gasteiger partial charge in [0.15, 0.2) is 0 Å². The van der Waals surface area contributed by atoms with Crippen LogP contribution >= 0.6 is 0 Å². The molecule has 3 aromatic rings. The number of nitrogens with one attached hydrogen (secondary N) is 1. The van der Waals surface area contributed by atoms with Crippen LogP contribution < -0.4 is 5.32 Å². The van der Waals surface area contributed by atoms with Crippen LogP contribution in [0.25, 0.3) is 11.0 Å². The molecule has 1 aromatic carbocycles. The van der Waals surface area contributed by atoms with Crippen LogP contribution in [0.5, 0.6) is 0 Å². The Kier molecular flexibility index (Phi) is 4.56. The minimum Gasteiger partial charge on any atom is -0.350 e. The van der Waals surface area contributed by atoms with Crippen molar-refractivity contribution in [2.75, 3.05) is 6.54 Å². The van der Waals surface area contributed by atoms with E-state index in [-0.39, 0.29) is 11.8 Å². The van der Waals surface area contributed by atoms with Gasteiger partial charge in [0, 0.05) is 32.1 Å². The Balaban J connectivity index is 1.26. The van der Waals surface area contributed by atoms with E-state index in [1.54, 1.807) is 0 Å². The molecular formula is C20H24N6O2. The Labute approximate surface area is 162 Å². The largest absolute Gasteiger partial charge is 0.350 e. The fraction of sp³-hybridized carbons (Fsp3) is 0.500. The van der Waals surface area contributed by atoms with E-state index in [1.807, 2.05) is 12.1 Å². The molecule has 2 aromatic heterocycles. The van der Waals surface area contributed by atoms with Crippen LogP contribution in [0.2, 0.25) is 0 Å².